The first-order chi connectivity index (χ1) is 16.5. The number of amides is 1. The van der Waals surface area contributed by atoms with E-state index in [9.17, 15) is 14.9 Å². The highest BCUT2D eigenvalue weighted by molar-refractivity contribution is 7.99. The molecule has 34 heavy (non-hydrogen) atoms. The molecule has 9 nitrogen and oxygen atoms in total. The van der Waals surface area contributed by atoms with Gasteiger partial charge in [-0.3, -0.25) is 19.5 Å². The van der Waals surface area contributed by atoms with Crippen molar-refractivity contribution in [2.24, 2.45) is 5.10 Å². The number of nitrogens with one attached hydrogen (secondary N) is 1. The smallest absolute Gasteiger partial charge is 0.272 e. The van der Waals surface area contributed by atoms with Crippen LogP contribution in [0.4, 0.5) is 5.69 Å². The van der Waals surface area contributed by atoms with Crippen molar-refractivity contribution in [3.05, 3.63) is 99.6 Å². The number of benzene rings is 3. The number of rotatable bonds is 8. The average molecular weight is 493 g/mol. The second-order valence-corrected chi connectivity index (χ2v) is 8.26. The zero-order valence-electron chi connectivity index (χ0n) is 17.5. The first-order valence-corrected chi connectivity index (χ1v) is 11.3. The van der Waals surface area contributed by atoms with E-state index < -0.39 is 10.8 Å². The van der Waals surface area contributed by atoms with Gasteiger partial charge in [0.25, 0.3) is 11.6 Å². The van der Waals surface area contributed by atoms with Crippen LogP contribution in [0.5, 0.6) is 0 Å². The SMILES string of the molecule is O=C(CSc1nnc(-c2ccc(Cl)cc2)n1-c1ccccc1)NN=Cc1ccccc1[N+](=O)[O-]. The molecule has 0 fully saturated rings. The van der Waals surface area contributed by atoms with Crippen LogP contribution in [-0.2, 0) is 4.79 Å². The highest BCUT2D eigenvalue weighted by Crippen LogP contribution is 2.28. The van der Waals surface area contributed by atoms with Crippen LogP contribution in [0.15, 0.2) is 89.1 Å². The average Bonchev–Trinajstić information content (AvgIpc) is 3.28. The molecular weight excluding hydrogens is 476 g/mol. The maximum Gasteiger partial charge on any atom is 0.278 e. The molecule has 170 valence electrons. The molecule has 0 spiro atoms. The number of aromatic nitrogens is 3. The Morgan fingerprint density at radius 1 is 1.06 bits per heavy atom. The number of carbonyl (C=O) groups is 1. The Balaban J connectivity index is 1.49. The van der Waals surface area contributed by atoms with E-state index in [-0.39, 0.29) is 17.0 Å². The molecule has 0 atom stereocenters. The molecule has 0 saturated carbocycles. The maximum absolute atomic E-state index is 12.3. The fourth-order valence-corrected chi connectivity index (χ4v) is 3.93. The van der Waals surface area contributed by atoms with Gasteiger partial charge in [-0.2, -0.15) is 5.10 Å². The highest BCUT2D eigenvalue weighted by atomic mass is 35.5. The molecule has 0 aliphatic rings. The van der Waals surface area contributed by atoms with Gasteiger partial charge in [0.1, 0.15) is 0 Å². The minimum absolute atomic E-state index is 0.0137. The summed E-state index contributed by atoms with van der Waals surface area (Å²) in [5.74, 6) is 0.232. The third kappa shape index (κ3) is 5.48. The Bertz CT molecular complexity index is 1340. The predicted octanol–water partition coefficient (Wildman–Crippen LogP) is 4.74. The first-order valence-electron chi connectivity index (χ1n) is 9.98. The summed E-state index contributed by atoms with van der Waals surface area (Å²) < 4.78 is 1.86. The van der Waals surface area contributed by atoms with Gasteiger partial charge < -0.3 is 0 Å². The molecule has 3 aromatic carbocycles. The number of hydrazone groups is 1. The predicted molar refractivity (Wildman–Crippen MR) is 131 cm³/mol. The van der Waals surface area contributed by atoms with Crippen molar-refractivity contribution < 1.29 is 9.72 Å². The molecule has 0 aliphatic heterocycles. The summed E-state index contributed by atoms with van der Waals surface area (Å²) in [4.78, 5) is 22.9. The number of hydrogen-bond donors (Lipinski definition) is 1. The van der Waals surface area contributed by atoms with Gasteiger partial charge in [-0.05, 0) is 42.5 Å². The summed E-state index contributed by atoms with van der Waals surface area (Å²) in [6.45, 7) is 0. The number of halogens is 1. The van der Waals surface area contributed by atoms with Crippen molar-refractivity contribution in [2.45, 2.75) is 5.16 Å². The van der Waals surface area contributed by atoms with Crippen molar-refractivity contribution in [3.63, 3.8) is 0 Å². The van der Waals surface area contributed by atoms with Crippen molar-refractivity contribution in [1.82, 2.24) is 20.2 Å². The number of hydrogen-bond acceptors (Lipinski definition) is 7. The molecule has 0 aliphatic carbocycles. The van der Waals surface area contributed by atoms with Gasteiger partial charge in [-0.1, -0.05) is 53.7 Å². The Morgan fingerprint density at radius 3 is 2.50 bits per heavy atom. The Hall–Kier alpha value is -4.02. The summed E-state index contributed by atoms with van der Waals surface area (Å²) in [7, 11) is 0. The lowest BCUT2D eigenvalue weighted by Gasteiger charge is -2.10. The van der Waals surface area contributed by atoms with Crippen LogP contribution in [0, 0.1) is 10.1 Å². The topological polar surface area (TPSA) is 115 Å². The van der Waals surface area contributed by atoms with Gasteiger partial charge in [0.15, 0.2) is 11.0 Å². The van der Waals surface area contributed by atoms with E-state index >= 15 is 0 Å². The Labute approximate surface area is 203 Å². The van der Waals surface area contributed by atoms with E-state index in [0.29, 0.717) is 16.0 Å². The third-order valence-electron chi connectivity index (χ3n) is 4.61. The summed E-state index contributed by atoms with van der Waals surface area (Å²) in [5.41, 5.74) is 4.25. The van der Waals surface area contributed by atoms with Crippen molar-refractivity contribution >= 4 is 41.2 Å². The van der Waals surface area contributed by atoms with Gasteiger partial charge in [-0.25, -0.2) is 5.43 Å². The molecule has 0 unspecified atom stereocenters. The number of nitrogens with zero attached hydrogens (tertiary/aromatic N) is 5. The van der Waals surface area contributed by atoms with Gasteiger partial charge >= 0.3 is 0 Å². The fourth-order valence-electron chi connectivity index (χ4n) is 3.06. The van der Waals surface area contributed by atoms with Crippen LogP contribution in [0.3, 0.4) is 0 Å². The van der Waals surface area contributed by atoms with Gasteiger partial charge in [0, 0.05) is 22.3 Å². The number of para-hydroxylation sites is 2. The third-order valence-corrected chi connectivity index (χ3v) is 5.79. The van der Waals surface area contributed by atoms with Gasteiger partial charge in [0.05, 0.1) is 22.5 Å². The number of carbonyl (C=O) groups excluding carboxylic acids is 1. The lowest BCUT2D eigenvalue weighted by molar-refractivity contribution is -0.385. The summed E-state index contributed by atoms with van der Waals surface area (Å²) in [5, 5.41) is 24.6. The Kier molecular flexibility index (Phi) is 7.31. The minimum Gasteiger partial charge on any atom is -0.272 e. The van der Waals surface area contributed by atoms with Gasteiger partial charge in [0.2, 0.25) is 0 Å². The van der Waals surface area contributed by atoms with Gasteiger partial charge in [-0.15, -0.1) is 10.2 Å². The minimum atomic E-state index is -0.506. The van der Waals surface area contributed by atoms with Crippen LogP contribution >= 0.6 is 23.4 Å². The van der Waals surface area contributed by atoms with Crippen LogP contribution in [-0.4, -0.2) is 37.6 Å². The fraction of sp³-hybridized carbons (Fsp3) is 0.0435. The van der Waals surface area contributed by atoms with Crippen molar-refractivity contribution in [2.75, 3.05) is 5.75 Å². The number of nitro benzene ring substituents is 1. The number of thioether (sulfide) groups is 1. The highest BCUT2D eigenvalue weighted by Gasteiger charge is 2.17. The lowest BCUT2D eigenvalue weighted by atomic mass is 10.2. The quantitative estimate of drug-likeness (QED) is 0.164. The van der Waals surface area contributed by atoms with Crippen molar-refractivity contribution in [3.8, 4) is 17.1 Å². The molecular formula is C23H17ClN6O3S. The van der Waals surface area contributed by atoms with Crippen LogP contribution in [0.2, 0.25) is 5.02 Å². The van der Waals surface area contributed by atoms with E-state index in [4.69, 9.17) is 11.6 Å². The molecule has 1 heterocycles. The van der Waals surface area contributed by atoms with Crippen molar-refractivity contribution in [1.29, 1.82) is 0 Å². The molecule has 4 rings (SSSR count). The molecule has 1 N–H and O–H groups in total. The zero-order chi connectivity index (χ0) is 23.9. The Morgan fingerprint density at radius 2 is 1.76 bits per heavy atom. The van der Waals surface area contributed by atoms with E-state index in [1.807, 2.05) is 47.0 Å². The molecule has 0 bridgehead atoms. The monoisotopic (exact) mass is 492 g/mol. The van der Waals surface area contributed by atoms with Crippen LogP contribution < -0.4 is 5.43 Å². The molecule has 1 amide bonds. The normalized spacial score (nSPS) is 11.0. The largest absolute Gasteiger partial charge is 0.278 e. The lowest BCUT2D eigenvalue weighted by Crippen LogP contribution is -2.20. The summed E-state index contributed by atoms with van der Waals surface area (Å²) in [6, 6.07) is 22.9. The van der Waals surface area contributed by atoms with Crippen LogP contribution in [0.25, 0.3) is 17.1 Å². The van der Waals surface area contributed by atoms with E-state index in [1.54, 1.807) is 30.3 Å². The molecule has 4 aromatic rings. The van der Waals surface area contributed by atoms with E-state index in [0.717, 1.165) is 11.3 Å². The zero-order valence-corrected chi connectivity index (χ0v) is 19.1. The molecule has 0 saturated heterocycles. The number of nitro groups is 1. The summed E-state index contributed by atoms with van der Waals surface area (Å²) >= 11 is 7.21. The second kappa shape index (κ2) is 10.7. The molecule has 1 aromatic heterocycles. The molecule has 0 radical (unpaired) electrons. The maximum atomic E-state index is 12.3. The van der Waals surface area contributed by atoms with Crippen LogP contribution in [0.1, 0.15) is 5.56 Å². The summed E-state index contributed by atoms with van der Waals surface area (Å²) in [6.07, 6.45) is 1.24. The molecule has 11 heteroatoms. The van der Waals surface area contributed by atoms with E-state index in [1.165, 1.54) is 24.0 Å². The second-order valence-electron chi connectivity index (χ2n) is 6.88. The standard InChI is InChI=1S/C23H17ClN6O3S/c24-18-12-10-16(11-13-18)22-27-28-23(29(22)19-7-2-1-3-8-19)34-15-21(31)26-25-14-17-6-4-5-9-20(17)30(32)33/h1-14H,15H2,(H,26,31). The van der Waals surface area contributed by atoms with E-state index in [2.05, 4.69) is 20.7 Å². The first kappa shape index (κ1) is 23.1.